The number of nitrogen functional groups attached to an aromatic ring is 1. The van der Waals surface area contributed by atoms with Crippen molar-refractivity contribution in [2.75, 3.05) is 23.4 Å². The first-order valence-corrected chi connectivity index (χ1v) is 17.6. The van der Waals surface area contributed by atoms with Gasteiger partial charge in [0.15, 0.2) is 9.47 Å². The van der Waals surface area contributed by atoms with E-state index in [0.717, 1.165) is 34.6 Å². The number of hydrogen-bond acceptors (Lipinski definition) is 13. The number of halogens is 1. The number of fused-ring (bicyclic) bond motifs is 1. The minimum absolute atomic E-state index is 0.0316. The van der Waals surface area contributed by atoms with E-state index in [4.69, 9.17) is 15.6 Å². The molecule has 12 nitrogen and oxygen atoms in total. The molecule has 3 atom stereocenters. The van der Waals surface area contributed by atoms with Crippen LogP contribution in [0.15, 0.2) is 56.4 Å². The van der Waals surface area contributed by atoms with Crippen LogP contribution in [0.5, 0.6) is 0 Å². The molecule has 4 heterocycles. The maximum atomic E-state index is 13.2. The second-order valence-electron chi connectivity index (χ2n) is 8.89. The number of allylic oxidation sites excluding steroid dienone is 5. The largest absolute Gasteiger partial charge is 0.477 e. The van der Waals surface area contributed by atoms with E-state index in [9.17, 15) is 19.5 Å². The average molecular weight is 727 g/mol. The van der Waals surface area contributed by atoms with Crippen molar-refractivity contribution in [1.29, 1.82) is 0 Å². The van der Waals surface area contributed by atoms with Crippen molar-refractivity contribution in [2.45, 2.75) is 36.0 Å². The molecule has 1 fully saturated rings. The summed E-state index contributed by atoms with van der Waals surface area (Å²) < 4.78 is 4.64. The summed E-state index contributed by atoms with van der Waals surface area (Å²) in [5, 5.41) is 18.8. The van der Waals surface area contributed by atoms with Crippen molar-refractivity contribution >= 4 is 96.5 Å². The fourth-order valence-corrected chi connectivity index (χ4v) is 8.53. The summed E-state index contributed by atoms with van der Waals surface area (Å²) in [6, 6.07) is -0.975. The topological polar surface area (TPSA) is 173 Å². The third kappa shape index (κ3) is 7.57. The lowest BCUT2D eigenvalue weighted by Gasteiger charge is -2.49. The summed E-state index contributed by atoms with van der Waals surface area (Å²) in [4.78, 5) is 54.0. The van der Waals surface area contributed by atoms with E-state index in [0.29, 0.717) is 20.9 Å². The number of carbonyl (C=O) groups excluding carboxylic acids is 2. The quantitative estimate of drug-likeness (QED) is 0.0831. The second-order valence-corrected chi connectivity index (χ2v) is 13.6. The number of thioether (sulfide) groups is 2. The van der Waals surface area contributed by atoms with Crippen LogP contribution in [0.25, 0.3) is 5.57 Å². The van der Waals surface area contributed by atoms with Crippen LogP contribution >= 0.6 is 62.3 Å². The van der Waals surface area contributed by atoms with Crippen LogP contribution in [-0.2, 0) is 19.2 Å². The molecule has 0 saturated carbocycles. The summed E-state index contributed by atoms with van der Waals surface area (Å²) in [5.41, 5.74) is 6.93. The predicted octanol–water partition coefficient (Wildman–Crippen LogP) is 4.35. The smallest absolute Gasteiger partial charge is 0.353 e. The van der Waals surface area contributed by atoms with Gasteiger partial charge in [-0.1, -0.05) is 70.7 Å². The maximum Gasteiger partial charge on any atom is 0.353 e. The minimum atomic E-state index is -1.24. The molecular weight excluding hydrogens is 699 g/mol. The van der Waals surface area contributed by atoms with Gasteiger partial charge in [-0.3, -0.25) is 14.5 Å². The standard InChI is InChI=1S/C26H28BrN7O5S4/c1-4-7-14(9-8-13(5-2)10-27)15-11-41-26(29-15)42-16-12-40-23-18(22(36)34(23)19(16)24(37)38)30-21(35)17(32-39-6-3)20-31-25(28)43-33-20/h4,7-9,11,13,18,23H,1,5-6,10,12H2,2-3H3,(H,30,35)(H,37,38)(H2,28,31,33). The number of carbonyl (C=O) groups is 3. The van der Waals surface area contributed by atoms with E-state index in [1.54, 1.807) is 13.0 Å². The van der Waals surface area contributed by atoms with Crippen LogP contribution in [0.4, 0.5) is 5.13 Å². The number of rotatable bonds is 14. The first-order chi connectivity index (χ1) is 20.7. The highest BCUT2D eigenvalue weighted by molar-refractivity contribution is 9.09. The zero-order valence-corrected chi connectivity index (χ0v) is 27.9. The Morgan fingerprint density at radius 2 is 2.21 bits per heavy atom. The Labute approximate surface area is 272 Å². The number of nitrogens with two attached hydrogens (primary N) is 1. The Morgan fingerprint density at radius 1 is 1.42 bits per heavy atom. The number of thiazole rings is 1. The molecule has 2 amide bonds. The van der Waals surface area contributed by atoms with Crippen molar-refractivity contribution in [3.05, 3.63) is 58.4 Å². The van der Waals surface area contributed by atoms with Gasteiger partial charge in [0, 0.05) is 38.5 Å². The monoisotopic (exact) mass is 725 g/mol. The zero-order chi connectivity index (χ0) is 31.1. The lowest BCUT2D eigenvalue weighted by atomic mass is 10.0. The summed E-state index contributed by atoms with van der Waals surface area (Å²) in [7, 11) is 0. The van der Waals surface area contributed by atoms with Crippen molar-refractivity contribution in [2.24, 2.45) is 11.1 Å². The van der Waals surface area contributed by atoms with Crippen LogP contribution in [0.2, 0.25) is 0 Å². The first-order valence-electron chi connectivity index (χ1n) is 12.9. The summed E-state index contributed by atoms with van der Waals surface area (Å²) in [5.74, 6) is -1.87. The molecule has 17 heteroatoms. The number of nitrogens with one attached hydrogen (secondary N) is 1. The highest BCUT2D eigenvalue weighted by Gasteiger charge is 2.54. The number of aromatic nitrogens is 3. The molecule has 3 unspecified atom stereocenters. The lowest BCUT2D eigenvalue weighted by Crippen LogP contribution is -2.71. The fraction of sp³-hybridized carbons (Fsp3) is 0.346. The van der Waals surface area contributed by atoms with Gasteiger partial charge in [-0.15, -0.1) is 23.1 Å². The summed E-state index contributed by atoms with van der Waals surface area (Å²) in [6.45, 7) is 7.81. The Kier molecular flexibility index (Phi) is 11.6. The van der Waals surface area contributed by atoms with E-state index in [1.807, 2.05) is 17.5 Å². The number of carboxylic acid groups (broad SMARTS) is 1. The number of β-lactam (4-membered cyclic amide) rings is 1. The molecule has 2 aromatic heterocycles. The van der Waals surface area contributed by atoms with Crippen LogP contribution in [-0.4, -0.2) is 76.9 Å². The molecule has 0 radical (unpaired) electrons. The molecule has 0 aromatic carbocycles. The van der Waals surface area contributed by atoms with E-state index in [1.165, 1.54) is 39.8 Å². The van der Waals surface area contributed by atoms with Gasteiger partial charge in [0.2, 0.25) is 11.5 Å². The van der Waals surface area contributed by atoms with Gasteiger partial charge >= 0.3 is 5.97 Å². The number of nitrogens with zero attached hydrogens (tertiary/aromatic N) is 5. The molecule has 4 N–H and O–H groups in total. The SMILES string of the molecule is C=CC=C(C=CC(CC)CBr)c1csc(SC2=C(C(=O)O)N3C(=O)C(NC(=O)C(=NOCC)c4nsc(N)n4)C3SC2)n1. The average Bonchev–Trinajstić information content (AvgIpc) is 3.64. The number of aliphatic carboxylic acids is 1. The van der Waals surface area contributed by atoms with Crippen molar-refractivity contribution in [3.8, 4) is 0 Å². The van der Waals surface area contributed by atoms with Crippen molar-refractivity contribution in [3.63, 3.8) is 0 Å². The zero-order valence-electron chi connectivity index (χ0n) is 23.1. The molecule has 2 aliphatic rings. The summed E-state index contributed by atoms with van der Waals surface area (Å²) >= 11 is 8.37. The highest BCUT2D eigenvalue weighted by atomic mass is 79.9. The lowest BCUT2D eigenvalue weighted by molar-refractivity contribution is -0.150. The Bertz CT molecular complexity index is 1510. The third-order valence-corrected chi connectivity index (χ3v) is 11.0. The van der Waals surface area contributed by atoms with Crippen LogP contribution in [0, 0.1) is 5.92 Å². The molecular formula is C26H28BrN7O5S4. The van der Waals surface area contributed by atoms with E-state index in [-0.39, 0.29) is 29.0 Å². The number of anilines is 1. The molecule has 4 rings (SSSR count). The number of alkyl halides is 1. The van der Waals surface area contributed by atoms with Gasteiger partial charge in [-0.05, 0) is 19.3 Å². The van der Waals surface area contributed by atoms with Gasteiger partial charge in [0.25, 0.3) is 11.8 Å². The van der Waals surface area contributed by atoms with Crippen molar-refractivity contribution in [1.82, 2.24) is 24.6 Å². The Morgan fingerprint density at radius 3 is 2.84 bits per heavy atom. The minimum Gasteiger partial charge on any atom is -0.477 e. The molecule has 2 aliphatic heterocycles. The maximum absolute atomic E-state index is 13.2. The number of carboxylic acids is 1. The molecule has 43 heavy (non-hydrogen) atoms. The van der Waals surface area contributed by atoms with Crippen LogP contribution in [0.1, 0.15) is 31.8 Å². The molecule has 1 saturated heterocycles. The van der Waals surface area contributed by atoms with Gasteiger partial charge in [0.1, 0.15) is 23.7 Å². The molecule has 228 valence electrons. The fourth-order valence-electron chi connectivity index (χ4n) is 3.95. The number of oxime groups is 1. The molecule has 0 aliphatic carbocycles. The van der Waals surface area contributed by atoms with E-state index in [2.05, 4.69) is 55.3 Å². The molecule has 2 aromatic rings. The molecule has 0 bridgehead atoms. The first kappa shape index (κ1) is 32.9. The Hall–Kier alpha value is -2.99. The summed E-state index contributed by atoms with van der Waals surface area (Å²) in [6.07, 6.45) is 8.70. The Balaban J connectivity index is 1.51. The second kappa shape index (κ2) is 15.1. The normalized spacial score (nSPS) is 19.7. The van der Waals surface area contributed by atoms with Gasteiger partial charge in [-0.25, -0.2) is 9.78 Å². The molecule has 0 spiro atoms. The van der Waals surface area contributed by atoms with Gasteiger partial charge < -0.3 is 21.0 Å². The highest BCUT2D eigenvalue weighted by Crippen LogP contribution is 2.45. The van der Waals surface area contributed by atoms with Gasteiger partial charge in [-0.2, -0.15) is 9.36 Å². The number of amides is 2. The third-order valence-electron chi connectivity index (χ3n) is 6.13. The van der Waals surface area contributed by atoms with Crippen LogP contribution in [0.3, 0.4) is 0 Å². The predicted molar refractivity (Wildman–Crippen MR) is 175 cm³/mol. The number of hydrogen-bond donors (Lipinski definition) is 3. The van der Waals surface area contributed by atoms with E-state index >= 15 is 0 Å². The van der Waals surface area contributed by atoms with Crippen molar-refractivity contribution < 1.29 is 24.3 Å². The van der Waals surface area contributed by atoms with Crippen LogP contribution < -0.4 is 11.1 Å². The van der Waals surface area contributed by atoms with Gasteiger partial charge in [0.05, 0.1) is 5.69 Å². The van der Waals surface area contributed by atoms with E-state index < -0.39 is 29.2 Å².